The molecule has 1 heterocycles. The Morgan fingerprint density at radius 1 is 1.43 bits per heavy atom. The van der Waals surface area contributed by atoms with Gasteiger partial charge in [0.2, 0.25) is 0 Å². The molecule has 0 saturated carbocycles. The quantitative estimate of drug-likeness (QED) is 0.765. The van der Waals surface area contributed by atoms with Gasteiger partial charge >= 0.3 is 0 Å². The minimum atomic E-state index is -0.251. The van der Waals surface area contributed by atoms with Crippen molar-refractivity contribution in [3.8, 4) is 5.69 Å². The van der Waals surface area contributed by atoms with Crippen molar-refractivity contribution < 1.29 is 4.39 Å². The first-order valence-electron chi connectivity index (χ1n) is 4.14. The van der Waals surface area contributed by atoms with Crippen molar-refractivity contribution in [2.24, 2.45) is 0 Å². The lowest BCUT2D eigenvalue weighted by molar-refractivity contribution is 0.626. The Morgan fingerprint density at radius 2 is 2.21 bits per heavy atom. The second kappa shape index (κ2) is 3.53. The molecule has 0 amide bonds. The lowest BCUT2D eigenvalue weighted by Crippen LogP contribution is -1.96. The molecule has 0 atom stereocenters. The van der Waals surface area contributed by atoms with Gasteiger partial charge in [-0.15, -0.1) is 0 Å². The number of rotatable bonds is 1. The molecule has 0 saturated heterocycles. The van der Waals surface area contributed by atoms with E-state index in [0.29, 0.717) is 0 Å². The van der Waals surface area contributed by atoms with Crippen molar-refractivity contribution in [3.05, 3.63) is 46.7 Å². The topological polar surface area (TPSA) is 17.8 Å². The molecule has 1 aromatic heterocycles. The number of nitrogens with zero attached hydrogens (tertiary/aromatic N) is 2. The molecule has 0 aliphatic rings. The molecule has 0 N–H and O–H groups in total. The summed E-state index contributed by atoms with van der Waals surface area (Å²) in [5, 5.41) is 0. The maximum Gasteiger partial charge on any atom is 0.124 e. The summed E-state index contributed by atoms with van der Waals surface area (Å²) >= 11 is 3.31. The van der Waals surface area contributed by atoms with E-state index in [1.54, 1.807) is 12.3 Å². The molecular formula is C10H8BrFN2. The SMILES string of the molecule is Cc1nccn1-c1ccc(F)cc1Br. The molecule has 2 nitrogen and oxygen atoms in total. The van der Waals surface area contributed by atoms with Crippen LogP contribution in [0.2, 0.25) is 0 Å². The fraction of sp³-hybridized carbons (Fsp3) is 0.100. The Hall–Kier alpha value is -1.16. The fourth-order valence-electron chi connectivity index (χ4n) is 1.31. The molecule has 1 aromatic carbocycles. The van der Waals surface area contributed by atoms with Crippen LogP contribution >= 0.6 is 15.9 Å². The Bertz CT molecular complexity index is 465. The highest BCUT2D eigenvalue weighted by molar-refractivity contribution is 9.10. The first-order valence-corrected chi connectivity index (χ1v) is 4.93. The molecule has 0 fully saturated rings. The summed E-state index contributed by atoms with van der Waals surface area (Å²) in [7, 11) is 0. The normalized spacial score (nSPS) is 10.5. The van der Waals surface area contributed by atoms with Crippen LogP contribution in [0.4, 0.5) is 4.39 Å². The van der Waals surface area contributed by atoms with Gasteiger partial charge in [-0.1, -0.05) is 0 Å². The fourth-order valence-corrected chi connectivity index (χ4v) is 1.85. The van der Waals surface area contributed by atoms with Crippen molar-refractivity contribution >= 4 is 15.9 Å². The van der Waals surface area contributed by atoms with E-state index in [2.05, 4.69) is 20.9 Å². The summed E-state index contributed by atoms with van der Waals surface area (Å²) in [4.78, 5) is 4.10. The van der Waals surface area contributed by atoms with E-state index in [-0.39, 0.29) is 5.82 Å². The highest BCUT2D eigenvalue weighted by Gasteiger charge is 2.05. The van der Waals surface area contributed by atoms with Gasteiger partial charge in [0.1, 0.15) is 11.6 Å². The Morgan fingerprint density at radius 3 is 2.79 bits per heavy atom. The van der Waals surface area contributed by atoms with Gasteiger partial charge in [0.15, 0.2) is 0 Å². The van der Waals surface area contributed by atoms with Crippen LogP contribution in [-0.2, 0) is 0 Å². The Labute approximate surface area is 89.5 Å². The third-order valence-electron chi connectivity index (χ3n) is 2.00. The van der Waals surface area contributed by atoms with E-state index in [1.807, 2.05) is 17.7 Å². The minimum Gasteiger partial charge on any atom is -0.303 e. The van der Waals surface area contributed by atoms with Crippen molar-refractivity contribution in [2.75, 3.05) is 0 Å². The number of imidazole rings is 1. The van der Waals surface area contributed by atoms with Gasteiger partial charge in [0.05, 0.1) is 5.69 Å². The van der Waals surface area contributed by atoms with Gasteiger partial charge in [-0.2, -0.15) is 0 Å². The summed E-state index contributed by atoms with van der Waals surface area (Å²) in [5.41, 5.74) is 0.890. The average molecular weight is 255 g/mol. The predicted molar refractivity (Wildman–Crippen MR) is 56.0 cm³/mol. The molecule has 0 bridgehead atoms. The standard InChI is InChI=1S/C10H8BrFN2/c1-7-13-4-5-14(7)10-3-2-8(12)6-9(10)11/h2-6H,1H3. The first kappa shape index (κ1) is 9.40. The van der Waals surface area contributed by atoms with Crippen LogP contribution in [0.15, 0.2) is 35.1 Å². The molecule has 0 aliphatic heterocycles. The first-order chi connectivity index (χ1) is 6.68. The highest BCUT2D eigenvalue weighted by atomic mass is 79.9. The van der Waals surface area contributed by atoms with Gasteiger partial charge in [-0.05, 0) is 41.1 Å². The van der Waals surface area contributed by atoms with Gasteiger partial charge < -0.3 is 4.57 Å². The molecule has 4 heteroatoms. The molecule has 72 valence electrons. The lowest BCUT2D eigenvalue weighted by atomic mass is 10.3. The second-order valence-corrected chi connectivity index (χ2v) is 3.79. The zero-order valence-corrected chi connectivity index (χ0v) is 9.12. The molecule has 2 aromatic rings. The van der Waals surface area contributed by atoms with E-state index in [1.165, 1.54) is 12.1 Å². The van der Waals surface area contributed by atoms with Crippen LogP contribution in [-0.4, -0.2) is 9.55 Å². The van der Waals surface area contributed by atoms with Crippen LogP contribution in [0.1, 0.15) is 5.82 Å². The number of hydrogen-bond donors (Lipinski definition) is 0. The van der Waals surface area contributed by atoms with E-state index in [4.69, 9.17) is 0 Å². The Kier molecular flexibility index (Phi) is 2.37. The summed E-state index contributed by atoms with van der Waals surface area (Å²) in [6.07, 6.45) is 3.55. The van der Waals surface area contributed by atoms with Crippen molar-refractivity contribution in [1.82, 2.24) is 9.55 Å². The number of aromatic nitrogens is 2. The molecule has 2 rings (SSSR count). The predicted octanol–water partition coefficient (Wildman–Crippen LogP) is 3.08. The maximum atomic E-state index is 12.8. The number of hydrogen-bond acceptors (Lipinski definition) is 1. The summed E-state index contributed by atoms with van der Waals surface area (Å²) < 4.78 is 15.4. The van der Waals surface area contributed by atoms with E-state index < -0.39 is 0 Å². The zero-order valence-electron chi connectivity index (χ0n) is 7.54. The summed E-state index contributed by atoms with van der Waals surface area (Å²) in [6.45, 7) is 1.90. The van der Waals surface area contributed by atoms with Crippen LogP contribution < -0.4 is 0 Å². The van der Waals surface area contributed by atoms with Crippen molar-refractivity contribution in [2.45, 2.75) is 6.92 Å². The monoisotopic (exact) mass is 254 g/mol. The molecule has 0 aliphatic carbocycles. The molecule has 14 heavy (non-hydrogen) atoms. The number of halogens is 2. The Balaban J connectivity index is 2.58. The average Bonchev–Trinajstić information content (AvgIpc) is 2.52. The van der Waals surface area contributed by atoms with Gasteiger partial charge in [0.25, 0.3) is 0 Å². The van der Waals surface area contributed by atoms with Crippen molar-refractivity contribution in [3.63, 3.8) is 0 Å². The van der Waals surface area contributed by atoms with Gasteiger partial charge in [-0.3, -0.25) is 0 Å². The maximum absolute atomic E-state index is 12.8. The van der Waals surface area contributed by atoms with Crippen LogP contribution in [0, 0.1) is 12.7 Å². The molecular weight excluding hydrogens is 247 g/mol. The number of benzene rings is 1. The summed E-state index contributed by atoms with van der Waals surface area (Å²) in [6, 6.07) is 4.59. The third-order valence-corrected chi connectivity index (χ3v) is 2.63. The number of aryl methyl sites for hydroxylation is 1. The van der Waals surface area contributed by atoms with Gasteiger partial charge in [0, 0.05) is 16.9 Å². The largest absolute Gasteiger partial charge is 0.303 e. The summed E-state index contributed by atoms with van der Waals surface area (Å²) in [5.74, 6) is 0.621. The van der Waals surface area contributed by atoms with Crippen LogP contribution in [0.3, 0.4) is 0 Å². The smallest absolute Gasteiger partial charge is 0.124 e. The van der Waals surface area contributed by atoms with E-state index >= 15 is 0 Å². The minimum absolute atomic E-state index is 0.251. The molecule has 0 radical (unpaired) electrons. The second-order valence-electron chi connectivity index (χ2n) is 2.94. The van der Waals surface area contributed by atoms with E-state index in [0.717, 1.165) is 16.0 Å². The molecule has 0 spiro atoms. The van der Waals surface area contributed by atoms with Crippen LogP contribution in [0.5, 0.6) is 0 Å². The highest BCUT2D eigenvalue weighted by Crippen LogP contribution is 2.22. The third kappa shape index (κ3) is 1.57. The molecule has 0 unspecified atom stereocenters. The lowest BCUT2D eigenvalue weighted by Gasteiger charge is -2.07. The van der Waals surface area contributed by atoms with Crippen molar-refractivity contribution in [1.29, 1.82) is 0 Å². The zero-order chi connectivity index (χ0) is 10.1. The van der Waals surface area contributed by atoms with Crippen LogP contribution in [0.25, 0.3) is 5.69 Å². The van der Waals surface area contributed by atoms with E-state index in [9.17, 15) is 4.39 Å². The van der Waals surface area contributed by atoms with Gasteiger partial charge in [-0.25, -0.2) is 9.37 Å².